The van der Waals surface area contributed by atoms with Crippen LogP contribution >= 0.6 is 34.3 Å². The number of anilines is 1. The van der Waals surface area contributed by atoms with E-state index in [2.05, 4.69) is 4.98 Å². The van der Waals surface area contributed by atoms with Crippen LogP contribution < -0.4 is 9.64 Å². The zero-order valence-electron chi connectivity index (χ0n) is 18.6. The van der Waals surface area contributed by atoms with E-state index in [0.29, 0.717) is 28.1 Å². The Hall–Kier alpha value is -2.57. The van der Waals surface area contributed by atoms with E-state index in [1.807, 2.05) is 24.3 Å². The number of carbonyl (C=O) groups excluding carboxylic acids is 1. The molecule has 1 saturated heterocycles. The fraction of sp³-hybridized carbons (Fsp3) is 0.261. The van der Waals surface area contributed by atoms with E-state index in [-0.39, 0.29) is 23.2 Å². The maximum Gasteiger partial charge on any atom is 0.253 e. The Balaban J connectivity index is 1.52. The molecule has 1 fully saturated rings. The number of fused-ring (bicyclic) bond motifs is 1. The first-order chi connectivity index (χ1) is 16.9. The maximum absolute atomic E-state index is 14.0. The van der Waals surface area contributed by atoms with Gasteiger partial charge in [0.25, 0.3) is 10.0 Å². The highest BCUT2D eigenvalue weighted by atomic mass is 35.5. The molecule has 1 atom stereocenters. The second-order valence-corrected chi connectivity index (χ2v) is 12.8. The summed E-state index contributed by atoms with van der Waals surface area (Å²) in [5, 5.41) is 0.491. The Labute approximate surface area is 215 Å². The van der Waals surface area contributed by atoms with Gasteiger partial charge in [0, 0.05) is 18.9 Å². The van der Waals surface area contributed by atoms with Gasteiger partial charge in [-0.1, -0.05) is 29.0 Å². The van der Waals surface area contributed by atoms with Crippen LogP contribution in [0.25, 0.3) is 10.2 Å². The number of sulfonamides is 1. The van der Waals surface area contributed by atoms with Gasteiger partial charge in [-0.05, 0) is 54.8 Å². The van der Waals surface area contributed by atoms with Gasteiger partial charge in [-0.2, -0.15) is 4.31 Å². The molecule has 8 nitrogen and oxygen atoms in total. The Morgan fingerprint density at radius 1 is 1.26 bits per heavy atom. The number of amides is 1. The molecule has 0 N–H and O–H groups in total. The third kappa shape index (κ3) is 4.78. The molecule has 1 unspecified atom stereocenters. The first-order valence-corrected chi connectivity index (χ1v) is 14.2. The van der Waals surface area contributed by atoms with Crippen molar-refractivity contribution in [3.63, 3.8) is 0 Å². The van der Waals surface area contributed by atoms with Gasteiger partial charge in [0.2, 0.25) is 5.91 Å². The van der Waals surface area contributed by atoms with Crippen molar-refractivity contribution < 1.29 is 17.9 Å². The molecule has 35 heavy (non-hydrogen) atoms. The second-order valence-electron chi connectivity index (χ2n) is 7.95. The predicted octanol–water partition coefficient (Wildman–Crippen LogP) is 4.80. The number of methoxy groups -OCH3 is 1. The van der Waals surface area contributed by atoms with E-state index in [1.165, 1.54) is 21.7 Å². The molecule has 3 aromatic heterocycles. The molecular weight excluding hydrogens is 528 g/mol. The number of benzene rings is 1. The summed E-state index contributed by atoms with van der Waals surface area (Å²) in [6, 6.07) is 11.4. The molecule has 182 valence electrons. The zero-order valence-corrected chi connectivity index (χ0v) is 21.8. The maximum atomic E-state index is 14.0. The van der Waals surface area contributed by atoms with Crippen LogP contribution in [0.1, 0.15) is 18.4 Å². The number of hydrogen-bond acceptors (Lipinski definition) is 8. The molecular formula is C23H21ClN4O4S3. The normalized spacial score (nSPS) is 16.6. The van der Waals surface area contributed by atoms with Gasteiger partial charge >= 0.3 is 0 Å². The highest BCUT2D eigenvalue weighted by molar-refractivity contribution is 7.91. The highest BCUT2D eigenvalue weighted by Gasteiger charge is 2.42. The lowest BCUT2D eigenvalue weighted by Crippen LogP contribution is -2.47. The summed E-state index contributed by atoms with van der Waals surface area (Å²) in [7, 11) is -2.27. The van der Waals surface area contributed by atoms with Gasteiger partial charge in [0.05, 0.1) is 28.2 Å². The molecule has 0 radical (unpaired) electrons. The van der Waals surface area contributed by atoms with Crippen LogP contribution in [0.2, 0.25) is 4.34 Å². The average Bonchev–Trinajstić information content (AvgIpc) is 3.61. The number of aromatic nitrogens is 2. The molecule has 4 aromatic rings. The molecule has 0 saturated carbocycles. The van der Waals surface area contributed by atoms with Crippen LogP contribution in [0, 0.1) is 0 Å². The molecule has 0 bridgehead atoms. The Morgan fingerprint density at radius 2 is 2.11 bits per heavy atom. The summed E-state index contributed by atoms with van der Waals surface area (Å²) in [6.07, 6.45) is 4.37. The highest BCUT2D eigenvalue weighted by Crippen LogP contribution is 2.36. The fourth-order valence-electron chi connectivity index (χ4n) is 4.06. The molecule has 1 aliphatic heterocycles. The number of thiophene rings is 1. The smallest absolute Gasteiger partial charge is 0.253 e. The third-order valence-electron chi connectivity index (χ3n) is 5.74. The predicted molar refractivity (Wildman–Crippen MR) is 138 cm³/mol. The van der Waals surface area contributed by atoms with E-state index in [0.717, 1.165) is 27.1 Å². The van der Waals surface area contributed by atoms with Crippen molar-refractivity contribution >= 4 is 65.6 Å². The Morgan fingerprint density at radius 3 is 2.83 bits per heavy atom. The number of rotatable bonds is 7. The minimum absolute atomic E-state index is 0.132. The fourth-order valence-corrected chi connectivity index (χ4v) is 8.32. The molecule has 0 aliphatic carbocycles. The van der Waals surface area contributed by atoms with E-state index in [9.17, 15) is 13.2 Å². The van der Waals surface area contributed by atoms with Crippen molar-refractivity contribution in [2.75, 3.05) is 18.6 Å². The van der Waals surface area contributed by atoms with E-state index >= 15 is 0 Å². The van der Waals surface area contributed by atoms with Crippen molar-refractivity contribution in [1.82, 2.24) is 14.3 Å². The monoisotopic (exact) mass is 548 g/mol. The molecule has 1 aliphatic rings. The van der Waals surface area contributed by atoms with Gasteiger partial charge in [-0.15, -0.1) is 11.3 Å². The lowest BCUT2D eigenvalue weighted by Gasteiger charge is -2.28. The number of hydrogen-bond donors (Lipinski definition) is 0. The van der Waals surface area contributed by atoms with Crippen molar-refractivity contribution in [1.29, 1.82) is 0 Å². The minimum atomic E-state index is -3.86. The minimum Gasteiger partial charge on any atom is -0.497 e. The summed E-state index contributed by atoms with van der Waals surface area (Å²) in [5.41, 5.74) is 1.55. The van der Waals surface area contributed by atoms with Crippen molar-refractivity contribution in [3.8, 4) is 5.75 Å². The van der Waals surface area contributed by atoms with Crippen LogP contribution in [0.4, 0.5) is 5.13 Å². The molecule has 4 heterocycles. The Bertz CT molecular complexity index is 1470. The number of pyridine rings is 1. The van der Waals surface area contributed by atoms with Crippen LogP contribution in [-0.2, 0) is 21.4 Å². The van der Waals surface area contributed by atoms with Crippen LogP contribution in [0.5, 0.6) is 5.75 Å². The molecule has 5 rings (SSSR count). The summed E-state index contributed by atoms with van der Waals surface area (Å²) in [6.45, 7) is 0.491. The van der Waals surface area contributed by atoms with Gasteiger partial charge < -0.3 is 4.74 Å². The number of ether oxygens (including phenoxy) is 1. The lowest BCUT2D eigenvalue weighted by atomic mass is 10.2. The van der Waals surface area contributed by atoms with Gasteiger partial charge in [-0.25, -0.2) is 13.4 Å². The van der Waals surface area contributed by atoms with E-state index in [4.69, 9.17) is 21.3 Å². The molecule has 0 spiro atoms. The molecule has 1 amide bonds. The van der Waals surface area contributed by atoms with Crippen molar-refractivity contribution in [2.45, 2.75) is 29.6 Å². The first-order valence-electron chi connectivity index (χ1n) is 10.8. The number of halogens is 1. The van der Waals surface area contributed by atoms with Crippen LogP contribution in [-0.4, -0.2) is 48.3 Å². The van der Waals surface area contributed by atoms with Crippen LogP contribution in [0.15, 0.2) is 59.1 Å². The van der Waals surface area contributed by atoms with E-state index in [1.54, 1.807) is 36.5 Å². The zero-order chi connectivity index (χ0) is 24.6. The average molecular weight is 549 g/mol. The lowest BCUT2D eigenvalue weighted by molar-refractivity contribution is -0.121. The largest absolute Gasteiger partial charge is 0.497 e. The van der Waals surface area contributed by atoms with Gasteiger partial charge in [-0.3, -0.25) is 14.7 Å². The topological polar surface area (TPSA) is 92.7 Å². The quantitative estimate of drug-likeness (QED) is 0.329. The summed E-state index contributed by atoms with van der Waals surface area (Å²) < 4.78 is 34.7. The summed E-state index contributed by atoms with van der Waals surface area (Å²) in [4.78, 5) is 24.4. The third-order valence-corrected chi connectivity index (χ3v) is 10.4. The SMILES string of the molecule is COc1ccc2nc(N(Cc3cccnc3)C(=O)C3CCCN3S(=O)(=O)c3ccc(Cl)s3)sc2c1. The van der Waals surface area contributed by atoms with Gasteiger partial charge in [0.15, 0.2) is 5.13 Å². The first kappa shape index (κ1) is 24.1. The number of carbonyl (C=O) groups is 1. The summed E-state index contributed by atoms with van der Waals surface area (Å²) in [5.74, 6) is 0.379. The standard InChI is InChI=1S/C23H21ClN4O4S3/c1-32-16-6-7-17-19(12-16)33-23(26-17)27(14-15-4-2-10-25-13-15)22(29)18-5-3-11-28(18)35(30,31)21-9-8-20(24)34-21/h2,4,6-10,12-13,18H,3,5,11,14H2,1H3. The van der Waals surface area contributed by atoms with Crippen LogP contribution in [0.3, 0.4) is 0 Å². The van der Waals surface area contributed by atoms with E-state index < -0.39 is 16.1 Å². The van der Waals surface area contributed by atoms with Gasteiger partial charge in [0.1, 0.15) is 16.0 Å². The second kappa shape index (κ2) is 9.82. The molecule has 12 heteroatoms. The number of thiazole rings is 1. The Kier molecular flexibility index (Phi) is 6.78. The van der Waals surface area contributed by atoms with Crippen molar-refractivity contribution in [2.24, 2.45) is 0 Å². The van der Waals surface area contributed by atoms with Crippen molar-refractivity contribution in [3.05, 3.63) is 64.8 Å². The number of nitrogens with zero attached hydrogens (tertiary/aromatic N) is 4. The summed E-state index contributed by atoms with van der Waals surface area (Å²) >= 11 is 8.34. The molecule has 1 aromatic carbocycles.